The number of benzene rings is 2. The number of carbonyl (C=O) groups excluding carboxylic acids is 1. The SMILES string of the molecule is COc1ccc(C)cc1NC(=O)C=Cc1cccc([N+](=O)[O-])c1. The summed E-state index contributed by atoms with van der Waals surface area (Å²) in [5.74, 6) is 0.216. The monoisotopic (exact) mass is 312 g/mol. The summed E-state index contributed by atoms with van der Waals surface area (Å²) in [6.45, 7) is 1.91. The van der Waals surface area contributed by atoms with Gasteiger partial charge in [-0.05, 0) is 36.3 Å². The molecular formula is C17H16N2O4. The van der Waals surface area contributed by atoms with Crippen molar-refractivity contribution < 1.29 is 14.5 Å². The molecule has 118 valence electrons. The van der Waals surface area contributed by atoms with E-state index >= 15 is 0 Å². The number of amides is 1. The van der Waals surface area contributed by atoms with E-state index in [-0.39, 0.29) is 11.6 Å². The van der Waals surface area contributed by atoms with Crippen molar-refractivity contribution in [3.8, 4) is 5.75 Å². The number of nitro benzene ring substituents is 1. The fraction of sp³-hybridized carbons (Fsp3) is 0.118. The summed E-state index contributed by atoms with van der Waals surface area (Å²) in [5, 5.41) is 13.4. The highest BCUT2D eigenvalue weighted by Crippen LogP contribution is 2.25. The second-order valence-electron chi connectivity index (χ2n) is 4.88. The summed E-state index contributed by atoms with van der Waals surface area (Å²) >= 11 is 0. The highest BCUT2D eigenvalue weighted by Gasteiger charge is 2.07. The minimum atomic E-state index is -0.477. The number of nitrogens with one attached hydrogen (secondary N) is 1. The summed E-state index contributed by atoms with van der Waals surface area (Å²) in [5.41, 5.74) is 2.11. The van der Waals surface area contributed by atoms with Gasteiger partial charge < -0.3 is 10.1 Å². The molecule has 0 aliphatic rings. The van der Waals surface area contributed by atoms with Gasteiger partial charge in [-0.2, -0.15) is 0 Å². The Kier molecular flexibility index (Phi) is 5.09. The maximum Gasteiger partial charge on any atom is 0.270 e. The lowest BCUT2D eigenvalue weighted by Gasteiger charge is -2.09. The van der Waals surface area contributed by atoms with E-state index in [4.69, 9.17) is 4.74 Å². The predicted molar refractivity (Wildman–Crippen MR) is 88.5 cm³/mol. The van der Waals surface area contributed by atoms with Crippen molar-refractivity contribution in [1.29, 1.82) is 0 Å². The second-order valence-corrected chi connectivity index (χ2v) is 4.88. The third kappa shape index (κ3) is 4.41. The molecule has 0 saturated carbocycles. The maximum atomic E-state index is 12.0. The van der Waals surface area contributed by atoms with Gasteiger partial charge in [0, 0.05) is 18.2 Å². The van der Waals surface area contributed by atoms with Crippen LogP contribution in [0.2, 0.25) is 0 Å². The van der Waals surface area contributed by atoms with Crippen molar-refractivity contribution in [2.24, 2.45) is 0 Å². The molecule has 0 bridgehead atoms. The van der Waals surface area contributed by atoms with Gasteiger partial charge in [-0.3, -0.25) is 14.9 Å². The zero-order valence-corrected chi connectivity index (χ0v) is 12.8. The van der Waals surface area contributed by atoms with Gasteiger partial charge in [0.1, 0.15) is 5.75 Å². The Hall–Kier alpha value is -3.15. The van der Waals surface area contributed by atoms with Crippen molar-refractivity contribution in [2.75, 3.05) is 12.4 Å². The fourth-order valence-electron chi connectivity index (χ4n) is 2.01. The van der Waals surface area contributed by atoms with Crippen LogP contribution in [0, 0.1) is 17.0 Å². The van der Waals surface area contributed by atoms with Gasteiger partial charge in [0.05, 0.1) is 17.7 Å². The van der Waals surface area contributed by atoms with Crippen LogP contribution in [0.25, 0.3) is 6.08 Å². The van der Waals surface area contributed by atoms with Crippen LogP contribution in [0.4, 0.5) is 11.4 Å². The van der Waals surface area contributed by atoms with Crippen molar-refractivity contribution in [3.05, 3.63) is 69.8 Å². The lowest BCUT2D eigenvalue weighted by atomic mass is 10.2. The Morgan fingerprint density at radius 1 is 1.26 bits per heavy atom. The average molecular weight is 312 g/mol. The highest BCUT2D eigenvalue weighted by molar-refractivity contribution is 6.02. The molecule has 0 fully saturated rings. The molecule has 1 N–H and O–H groups in total. The third-order valence-electron chi connectivity index (χ3n) is 3.12. The van der Waals surface area contributed by atoms with Crippen LogP contribution < -0.4 is 10.1 Å². The standard InChI is InChI=1S/C17H16N2O4/c1-12-6-8-16(23-2)15(10-12)18-17(20)9-7-13-4-3-5-14(11-13)19(21)22/h3-11H,1-2H3,(H,18,20). The number of nitro groups is 1. The van der Waals surface area contributed by atoms with Crippen LogP contribution in [0.1, 0.15) is 11.1 Å². The van der Waals surface area contributed by atoms with Crippen LogP contribution in [0.15, 0.2) is 48.5 Å². The topological polar surface area (TPSA) is 81.5 Å². The summed E-state index contributed by atoms with van der Waals surface area (Å²) in [4.78, 5) is 22.2. The van der Waals surface area contributed by atoms with Crippen LogP contribution in [-0.4, -0.2) is 17.9 Å². The van der Waals surface area contributed by atoms with Crippen LogP contribution in [-0.2, 0) is 4.79 Å². The first kappa shape index (κ1) is 16.2. The molecule has 23 heavy (non-hydrogen) atoms. The van der Waals surface area contributed by atoms with Crippen molar-refractivity contribution in [2.45, 2.75) is 6.92 Å². The van der Waals surface area contributed by atoms with E-state index in [0.29, 0.717) is 17.0 Å². The minimum absolute atomic E-state index is 0.0205. The Balaban J connectivity index is 2.12. The fourth-order valence-corrected chi connectivity index (χ4v) is 2.01. The first-order valence-electron chi connectivity index (χ1n) is 6.88. The molecule has 2 rings (SSSR count). The molecule has 1 amide bonds. The van der Waals surface area contributed by atoms with Crippen molar-refractivity contribution in [1.82, 2.24) is 0 Å². The zero-order valence-electron chi connectivity index (χ0n) is 12.8. The van der Waals surface area contributed by atoms with E-state index in [0.717, 1.165) is 5.56 Å². The molecule has 0 radical (unpaired) electrons. The Bertz CT molecular complexity index is 769. The van der Waals surface area contributed by atoms with Gasteiger partial charge in [0.25, 0.3) is 5.69 Å². The number of non-ortho nitro benzene ring substituents is 1. The average Bonchev–Trinajstić information content (AvgIpc) is 2.53. The first-order valence-corrected chi connectivity index (χ1v) is 6.88. The Labute approximate surface area is 133 Å². The third-order valence-corrected chi connectivity index (χ3v) is 3.12. The number of carbonyl (C=O) groups is 1. The first-order chi connectivity index (χ1) is 11.0. The molecule has 0 aromatic heterocycles. The van der Waals surface area contributed by atoms with Crippen molar-refractivity contribution >= 4 is 23.4 Å². The van der Waals surface area contributed by atoms with E-state index in [2.05, 4.69) is 5.32 Å². The van der Waals surface area contributed by atoms with E-state index in [1.54, 1.807) is 24.3 Å². The van der Waals surface area contributed by atoms with Crippen LogP contribution in [0.3, 0.4) is 0 Å². The number of methoxy groups -OCH3 is 1. The number of hydrogen-bond acceptors (Lipinski definition) is 4. The molecule has 0 heterocycles. The van der Waals surface area contributed by atoms with Gasteiger partial charge in [-0.1, -0.05) is 18.2 Å². The van der Waals surface area contributed by atoms with Crippen LogP contribution >= 0.6 is 0 Å². The number of anilines is 1. The van der Waals surface area contributed by atoms with Crippen LogP contribution in [0.5, 0.6) is 5.75 Å². The minimum Gasteiger partial charge on any atom is -0.495 e. The lowest BCUT2D eigenvalue weighted by Crippen LogP contribution is -2.09. The van der Waals surface area contributed by atoms with E-state index in [1.807, 2.05) is 13.0 Å². The summed E-state index contributed by atoms with van der Waals surface area (Å²) in [6.07, 6.45) is 2.84. The van der Waals surface area contributed by atoms with Gasteiger partial charge in [-0.25, -0.2) is 0 Å². The van der Waals surface area contributed by atoms with Gasteiger partial charge in [0.2, 0.25) is 5.91 Å². The second kappa shape index (κ2) is 7.22. The van der Waals surface area contributed by atoms with E-state index in [9.17, 15) is 14.9 Å². The summed E-state index contributed by atoms with van der Waals surface area (Å²) in [7, 11) is 1.53. The van der Waals surface area contributed by atoms with E-state index < -0.39 is 4.92 Å². The van der Waals surface area contributed by atoms with Gasteiger partial charge in [-0.15, -0.1) is 0 Å². The lowest BCUT2D eigenvalue weighted by molar-refractivity contribution is -0.384. The number of hydrogen-bond donors (Lipinski definition) is 1. The molecule has 6 nitrogen and oxygen atoms in total. The molecule has 0 unspecified atom stereocenters. The number of rotatable bonds is 5. The smallest absolute Gasteiger partial charge is 0.270 e. The maximum absolute atomic E-state index is 12.0. The molecule has 0 aliphatic carbocycles. The molecule has 0 atom stereocenters. The highest BCUT2D eigenvalue weighted by atomic mass is 16.6. The zero-order chi connectivity index (χ0) is 16.8. The van der Waals surface area contributed by atoms with Gasteiger partial charge >= 0.3 is 0 Å². The largest absolute Gasteiger partial charge is 0.495 e. The molecule has 0 aliphatic heterocycles. The molecule has 0 spiro atoms. The Morgan fingerprint density at radius 2 is 2.04 bits per heavy atom. The molecule has 6 heteroatoms. The number of aryl methyl sites for hydroxylation is 1. The predicted octanol–water partition coefficient (Wildman–Crippen LogP) is 3.56. The normalized spacial score (nSPS) is 10.5. The summed E-state index contributed by atoms with van der Waals surface area (Å²) in [6, 6.07) is 11.5. The Morgan fingerprint density at radius 3 is 2.74 bits per heavy atom. The van der Waals surface area contributed by atoms with E-state index in [1.165, 1.54) is 31.4 Å². The van der Waals surface area contributed by atoms with Gasteiger partial charge in [0.15, 0.2) is 0 Å². The molecule has 2 aromatic rings. The molecular weight excluding hydrogens is 296 g/mol. The van der Waals surface area contributed by atoms with Crippen molar-refractivity contribution in [3.63, 3.8) is 0 Å². The summed E-state index contributed by atoms with van der Waals surface area (Å²) < 4.78 is 5.19. The number of ether oxygens (including phenoxy) is 1. The molecule has 2 aromatic carbocycles. The molecule has 0 saturated heterocycles. The quantitative estimate of drug-likeness (QED) is 0.520. The number of nitrogens with zero attached hydrogens (tertiary/aromatic N) is 1.